The number of halogens is 1. The molecule has 1 aliphatic heterocycles. The summed E-state index contributed by atoms with van der Waals surface area (Å²) >= 11 is 0. The summed E-state index contributed by atoms with van der Waals surface area (Å²) in [6.07, 6.45) is 3.78. The first kappa shape index (κ1) is 15.9. The molecule has 2 rings (SSSR count). The molecule has 0 radical (unpaired) electrons. The molecule has 0 aliphatic carbocycles. The van der Waals surface area contributed by atoms with Crippen LogP contribution in [0.1, 0.15) is 36.8 Å². The molecule has 21 heavy (non-hydrogen) atoms. The lowest BCUT2D eigenvalue weighted by atomic mass is 10.1. The van der Waals surface area contributed by atoms with Crippen LogP contribution in [0.2, 0.25) is 0 Å². The summed E-state index contributed by atoms with van der Waals surface area (Å²) < 4.78 is 41.9. The van der Waals surface area contributed by atoms with Crippen LogP contribution in [-0.4, -0.2) is 25.8 Å². The molecule has 1 aliphatic rings. The van der Waals surface area contributed by atoms with E-state index in [0.29, 0.717) is 13.1 Å². The van der Waals surface area contributed by atoms with Gasteiger partial charge in [-0.2, -0.15) is 22.7 Å². The zero-order valence-electron chi connectivity index (χ0n) is 11.7. The van der Waals surface area contributed by atoms with E-state index < -0.39 is 16.0 Å². The number of hydrogen-bond donors (Lipinski definition) is 1. The van der Waals surface area contributed by atoms with Crippen molar-refractivity contribution in [3.05, 3.63) is 35.1 Å². The molecule has 5 nitrogen and oxygen atoms in total. The fraction of sp³-hybridized carbons (Fsp3) is 0.500. The Labute approximate surface area is 124 Å². The van der Waals surface area contributed by atoms with Gasteiger partial charge in [-0.25, -0.2) is 4.39 Å². The zero-order chi connectivity index (χ0) is 15.3. The largest absolute Gasteiger partial charge is 0.279 e. The van der Waals surface area contributed by atoms with Gasteiger partial charge in [-0.1, -0.05) is 18.9 Å². The smallest absolute Gasteiger partial charge is 0.207 e. The van der Waals surface area contributed by atoms with Crippen LogP contribution in [0.25, 0.3) is 0 Å². The molecular weight excluding hydrogens is 293 g/mol. The van der Waals surface area contributed by atoms with Gasteiger partial charge < -0.3 is 0 Å². The Kier molecular flexibility index (Phi) is 5.28. The van der Waals surface area contributed by atoms with Crippen LogP contribution in [0, 0.1) is 17.1 Å². The predicted molar refractivity (Wildman–Crippen MR) is 76.9 cm³/mol. The van der Waals surface area contributed by atoms with Gasteiger partial charge in [-0.3, -0.25) is 0 Å². The summed E-state index contributed by atoms with van der Waals surface area (Å²) in [6.45, 7) is 0.896. The highest BCUT2D eigenvalue weighted by Crippen LogP contribution is 2.14. The maximum absolute atomic E-state index is 13.7. The second-order valence-corrected chi connectivity index (χ2v) is 6.81. The third-order valence-electron chi connectivity index (χ3n) is 3.53. The van der Waals surface area contributed by atoms with Crippen LogP contribution in [0.4, 0.5) is 4.39 Å². The van der Waals surface area contributed by atoms with Gasteiger partial charge in [0.1, 0.15) is 5.82 Å². The molecule has 1 N–H and O–H groups in total. The van der Waals surface area contributed by atoms with Gasteiger partial charge >= 0.3 is 0 Å². The fourth-order valence-corrected chi connectivity index (χ4v) is 3.56. The van der Waals surface area contributed by atoms with Gasteiger partial charge in [0.05, 0.1) is 11.6 Å². The minimum atomic E-state index is -3.59. The van der Waals surface area contributed by atoms with E-state index in [1.807, 2.05) is 6.07 Å². The second kappa shape index (κ2) is 6.98. The molecule has 0 atom stereocenters. The first-order valence-corrected chi connectivity index (χ1v) is 8.40. The summed E-state index contributed by atoms with van der Waals surface area (Å²) in [6, 6.07) is 5.85. The highest BCUT2D eigenvalue weighted by molar-refractivity contribution is 7.87. The first-order valence-electron chi connectivity index (χ1n) is 6.96. The molecule has 1 heterocycles. The zero-order valence-corrected chi connectivity index (χ0v) is 12.5. The molecule has 0 bridgehead atoms. The number of nitriles is 1. The van der Waals surface area contributed by atoms with E-state index in [0.717, 1.165) is 31.7 Å². The Hall–Kier alpha value is -1.49. The van der Waals surface area contributed by atoms with E-state index >= 15 is 0 Å². The first-order chi connectivity index (χ1) is 10.0. The lowest BCUT2D eigenvalue weighted by Crippen LogP contribution is -2.41. The molecule has 114 valence electrons. The van der Waals surface area contributed by atoms with Gasteiger partial charge in [0.15, 0.2) is 0 Å². The van der Waals surface area contributed by atoms with Crippen molar-refractivity contribution in [1.29, 1.82) is 5.26 Å². The van der Waals surface area contributed by atoms with Gasteiger partial charge in [-0.05, 0) is 25.0 Å². The van der Waals surface area contributed by atoms with E-state index in [1.54, 1.807) is 0 Å². The molecule has 0 unspecified atom stereocenters. The van der Waals surface area contributed by atoms with E-state index in [9.17, 15) is 12.8 Å². The maximum atomic E-state index is 13.7. The van der Waals surface area contributed by atoms with Crippen molar-refractivity contribution in [3.63, 3.8) is 0 Å². The maximum Gasteiger partial charge on any atom is 0.279 e. The molecule has 0 spiro atoms. The molecule has 1 saturated heterocycles. The van der Waals surface area contributed by atoms with Crippen LogP contribution in [-0.2, 0) is 16.8 Å². The molecule has 1 aromatic rings. The molecule has 0 amide bonds. The average molecular weight is 311 g/mol. The molecule has 0 aromatic heterocycles. The minimum Gasteiger partial charge on any atom is -0.207 e. The van der Waals surface area contributed by atoms with Crippen LogP contribution in [0.3, 0.4) is 0 Å². The minimum absolute atomic E-state index is 0.115. The van der Waals surface area contributed by atoms with Gasteiger partial charge in [0.2, 0.25) is 0 Å². The topological polar surface area (TPSA) is 73.2 Å². The molecule has 1 aromatic carbocycles. The van der Waals surface area contributed by atoms with Crippen LogP contribution < -0.4 is 4.72 Å². The SMILES string of the molecule is N#Cc1ccc(CNS(=O)(=O)N2CCCCCC2)c(F)c1. The van der Waals surface area contributed by atoms with Crippen molar-refractivity contribution >= 4 is 10.2 Å². The molecular formula is C14H18FN3O2S. The lowest BCUT2D eigenvalue weighted by molar-refractivity contribution is 0.414. The Morgan fingerprint density at radius 1 is 1.24 bits per heavy atom. The lowest BCUT2D eigenvalue weighted by Gasteiger charge is -2.20. The van der Waals surface area contributed by atoms with E-state index in [2.05, 4.69) is 4.72 Å². The van der Waals surface area contributed by atoms with Crippen molar-refractivity contribution in [2.24, 2.45) is 0 Å². The molecule has 1 fully saturated rings. The number of rotatable bonds is 4. The average Bonchev–Trinajstić information content (AvgIpc) is 2.75. The van der Waals surface area contributed by atoms with E-state index in [4.69, 9.17) is 5.26 Å². The van der Waals surface area contributed by atoms with Crippen LogP contribution >= 0.6 is 0 Å². The fourth-order valence-electron chi connectivity index (χ4n) is 2.30. The summed E-state index contributed by atoms with van der Waals surface area (Å²) in [5.74, 6) is -0.576. The summed E-state index contributed by atoms with van der Waals surface area (Å²) in [4.78, 5) is 0. The van der Waals surface area contributed by atoms with E-state index in [1.165, 1.54) is 16.4 Å². The molecule has 0 saturated carbocycles. The Bertz CT molecular complexity index is 632. The van der Waals surface area contributed by atoms with Gasteiger partial charge in [-0.15, -0.1) is 0 Å². The highest BCUT2D eigenvalue weighted by atomic mass is 32.2. The Morgan fingerprint density at radius 3 is 2.48 bits per heavy atom. The van der Waals surface area contributed by atoms with E-state index in [-0.39, 0.29) is 17.7 Å². The van der Waals surface area contributed by atoms with Crippen molar-refractivity contribution in [1.82, 2.24) is 9.03 Å². The quantitative estimate of drug-likeness (QED) is 0.923. The summed E-state index contributed by atoms with van der Waals surface area (Å²) in [5, 5.41) is 8.67. The number of benzene rings is 1. The highest BCUT2D eigenvalue weighted by Gasteiger charge is 2.22. The summed E-state index contributed by atoms with van der Waals surface area (Å²) in [7, 11) is -3.59. The third-order valence-corrected chi connectivity index (χ3v) is 5.09. The predicted octanol–water partition coefficient (Wildman–Crippen LogP) is 1.91. The molecule has 7 heteroatoms. The Balaban J connectivity index is 2.02. The Morgan fingerprint density at radius 2 is 1.90 bits per heavy atom. The van der Waals surface area contributed by atoms with Crippen molar-refractivity contribution in [2.45, 2.75) is 32.2 Å². The van der Waals surface area contributed by atoms with Crippen molar-refractivity contribution < 1.29 is 12.8 Å². The van der Waals surface area contributed by atoms with Crippen molar-refractivity contribution in [2.75, 3.05) is 13.1 Å². The van der Waals surface area contributed by atoms with Crippen LogP contribution in [0.15, 0.2) is 18.2 Å². The van der Waals surface area contributed by atoms with Gasteiger partial charge in [0.25, 0.3) is 10.2 Å². The number of hydrogen-bond acceptors (Lipinski definition) is 3. The third kappa shape index (κ3) is 4.24. The number of nitrogens with zero attached hydrogens (tertiary/aromatic N) is 2. The standard InChI is InChI=1S/C14H18FN3O2S/c15-14-9-12(10-16)5-6-13(14)11-17-21(19,20)18-7-3-1-2-4-8-18/h5-6,9,17H,1-4,7-8,11H2. The monoisotopic (exact) mass is 311 g/mol. The number of nitrogens with one attached hydrogen (secondary N) is 1. The normalized spacial score (nSPS) is 17.1. The second-order valence-electron chi connectivity index (χ2n) is 5.06. The van der Waals surface area contributed by atoms with Gasteiger partial charge in [0, 0.05) is 25.2 Å². The summed E-state index contributed by atoms with van der Waals surface area (Å²) in [5.41, 5.74) is 0.444. The van der Waals surface area contributed by atoms with Crippen molar-refractivity contribution in [3.8, 4) is 6.07 Å². The van der Waals surface area contributed by atoms with Crippen LogP contribution in [0.5, 0.6) is 0 Å².